The Hall–Kier alpha value is -1.78. The number of imidazole rings is 1. The first-order valence-corrected chi connectivity index (χ1v) is 4.89. The van der Waals surface area contributed by atoms with Gasteiger partial charge in [0.2, 0.25) is 0 Å². The van der Waals surface area contributed by atoms with E-state index in [9.17, 15) is 0 Å². The summed E-state index contributed by atoms with van der Waals surface area (Å²) in [5.41, 5.74) is 1.01. The molecule has 1 N–H and O–H groups in total. The SMILES string of the molecule is CC(Nc1cnn(C)c1)c1nccn1C. The molecule has 0 spiro atoms. The van der Waals surface area contributed by atoms with Gasteiger partial charge >= 0.3 is 0 Å². The Morgan fingerprint density at radius 3 is 2.73 bits per heavy atom. The molecule has 5 heteroatoms. The Morgan fingerprint density at radius 2 is 2.20 bits per heavy atom. The van der Waals surface area contributed by atoms with Crippen LogP contribution in [-0.2, 0) is 14.1 Å². The molecule has 5 nitrogen and oxygen atoms in total. The summed E-state index contributed by atoms with van der Waals surface area (Å²) in [6.45, 7) is 2.08. The van der Waals surface area contributed by atoms with Crippen LogP contribution in [0.15, 0.2) is 24.8 Å². The van der Waals surface area contributed by atoms with Crippen molar-refractivity contribution in [1.29, 1.82) is 0 Å². The fourth-order valence-electron chi connectivity index (χ4n) is 1.60. The van der Waals surface area contributed by atoms with Crippen LogP contribution >= 0.6 is 0 Å². The number of nitrogens with zero attached hydrogens (tertiary/aromatic N) is 4. The molecule has 0 aliphatic heterocycles. The molecule has 0 fully saturated rings. The molecule has 15 heavy (non-hydrogen) atoms. The van der Waals surface area contributed by atoms with Crippen molar-refractivity contribution in [2.75, 3.05) is 5.32 Å². The topological polar surface area (TPSA) is 47.7 Å². The molecular formula is C10H15N5. The number of hydrogen-bond acceptors (Lipinski definition) is 3. The van der Waals surface area contributed by atoms with E-state index in [1.54, 1.807) is 17.1 Å². The predicted octanol–water partition coefficient (Wildman–Crippen LogP) is 1.33. The van der Waals surface area contributed by atoms with Crippen LogP contribution in [-0.4, -0.2) is 19.3 Å². The predicted molar refractivity (Wildman–Crippen MR) is 58.5 cm³/mol. The second kappa shape index (κ2) is 3.76. The number of anilines is 1. The van der Waals surface area contributed by atoms with Crippen molar-refractivity contribution < 1.29 is 0 Å². The van der Waals surface area contributed by atoms with Gasteiger partial charge in [0.05, 0.1) is 17.9 Å². The zero-order valence-electron chi connectivity index (χ0n) is 9.18. The summed E-state index contributed by atoms with van der Waals surface area (Å²) < 4.78 is 3.78. The van der Waals surface area contributed by atoms with Crippen LogP contribution in [0.4, 0.5) is 5.69 Å². The average Bonchev–Trinajstić information content (AvgIpc) is 2.75. The van der Waals surface area contributed by atoms with Crippen LogP contribution in [0, 0.1) is 0 Å². The number of hydrogen-bond donors (Lipinski definition) is 1. The molecule has 0 aliphatic rings. The fourth-order valence-corrected chi connectivity index (χ4v) is 1.60. The van der Waals surface area contributed by atoms with Gasteiger partial charge in [-0.3, -0.25) is 4.68 Å². The average molecular weight is 205 g/mol. The monoisotopic (exact) mass is 205 g/mol. The molecule has 1 unspecified atom stereocenters. The van der Waals surface area contributed by atoms with Gasteiger partial charge in [0.25, 0.3) is 0 Å². The van der Waals surface area contributed by atoms with Crippen molar-refractivity contribution in [3.63, 3.8) is 0 Å². The molecule has 0 saturated heterocycles. The molecule has 2 aromatic rings. The maximum atomic E-state index is 4.29. The van der Waals surface area contributed by atoms with Gasteiger partial charge in [0.1, 0.15) is 5.82 Å². The Bertz CT molecular complexity index is 442. The smallest absolute Gasteiger partial charge is 0.130 e. The van der Waals surface area contributed by atoms with E-state index in [0.29, 0.717) is 0 Å². The Balaban J connectivity index is 2.10. The van der Waals surface area contributed by atoms with Gasteiger partial charge in [0.15, 0.2) is 0 Å². The molecule has 2 aromatic heterocycles. The van der Waals surface area contributed by atoms with Crippen LogP contribution in [0.25, 0.3) is 0 Å². The number of aromatic nitrogens is 4. The summed E-state index contributed by atoms with van der Waals surface area (Å²) in [5, 5.41) is 7.44. The van der Waals surface area contributed by atoms with Crippen LogP contribution in [0.5, 0.6) is 0 Å². The molecule has 0 radical (unpaired) electrons. The van der Waals surface area contributed by atoms with E-state index in [2.05, 4.69) is 22.3 Å². The quantitative estimate of drug-likeness (QED) is 0.822. The van der Waals surface area contributed by atoms with Gasteiger partial charge in [-0.15, -0.1) is 0 Å². The van der Waals surface area contributed by atoms with E-state index in [-0.39, 0.29) is 6.04 Å². The number of aryl methyl sites for hydroxylation is 2. The van der Waals surface area contributed by atoms with E-state index in [1.807, 2.05) is 31.1 Å². The van der Waals surface area contributed by atoms with Gasteiger partial charge in [-0.1, -0.05) is 0 Å². The van der Waals surface area contributed by atoms with Gasteiger partial charge < -0.3 is 9.88 Å². The van der Waals surface area contributed by atoms with Crippen LogP contribution < -0.4 is 5.32 Å². The summed E-state index contributed by atoms with van der Waals surface area (Å²) in [5.74, 6) is 1.01. The summed E-state index contributed by atoms with van der Waals surface area (Å²) >= 11 is 0. The highest BCUT2D eigenvalue weighted by Gasteiger charge is 2.10. The molecule has 0 aliphatic carbocycles. The third kappa shape index (κ3) is 2.01. The molecule has 2 heterocycles. The lowest BCUT2D eigenvalue weighted by Crippen LogP contribution is -2.11. The molecule has 0 amide bonds. The Labute approximate surface area is 88.7 Å². The summed E-state index contributed by atoms with van der Waals surface area (Å²) in [7, 11) is 3.89. The third-order valence-corrected chi connectivity index (χ3v) is 2.33. The van der Waals surface area contributed by atoms with Crippen molar-refractivity contribution in [1.82, 2.24) is 19.3 Å². The minimum Gasteiger partial charge on any atom is -0.373 e. The second-order valence-electron chi connectivity index (χ2n) is 3.67. The Morgan fingerprint density at radius 1 is 1.40 bits per heavy atom. The van der Waals surface area contributed by atoms with Gasteiger partial charge in [0, 0.05) is 32.7 Å². The largest absolute Gasteiger partial charge is 0.373 e. The first kappa shape index (κ1) is 9.76. The standard InChI is InChI=1S/C10H15N5/c1-8(10-11-4-5-14(10)2)13-9-6-12-15(3)7-9/h4-8,13H,1-3H3. The van der Waals surface area contributed by atoms with E-state index >= 15 is 0 Å². The van der Waals surface area contributed by atoms with E-state index < -0.39 is 0 Å². The molecule has 80 valence electrons. The molecule has 0 bridgehead atoms. The minimum atomic E-state index is 0.175. The van der Waals surface area contributed by atoms with Crippen molar-refractivity contribution in [3.8, 4) is 0 Å². The molecule has 2 rings (SSSR count). The third-order valence-electron chi connectivity index (χ3n) is 2.33. The molecule has 0 aromatic carbocycles. The maximum Gasteiger partial charge on any atom is 0.130 e. The van der Waals surface area contributed by atoms with Gasteiger partial charge in [-0.05, 0) is 6.92 Å². The molecule has 0 saturated carbocycles. The fraction of sp³-hybridized carbons (Fsp3) is 0.400. The van der Waals surface area contributed by atoms with Crippen LogP contribution in [0.3, 0.4) is 0 Å². The van der Waals surface area contributed by atoms with E-state index in [4.69, 9.17) is 0 Å². The van der Waals surface area contributed by atoms with Crippen molar-refractivity contribution >= 4 is 5.69 Å². The van der Waals surface area contributed by atoms with E-state index in [1.165, 1.54) is 0 Å². The zero-order chi connectivity index (χ0) is 10.8. The normalized spacial score (nSPS) is 12.7. The first-order valence-electron chi connectivity index (χ1n) is 4.89. The maximum absolute atomic E-state index is 4.29. The van der Waals surface area contributed by atoms with Crippen molar-refractivity contribution in [2.24, 2.45) is 14.1 Å². The lowest BCUT2D eigenvalue weighted by atomic mass is 10.3. The lowest BCUT2D eigenvalue weighted by Gasteiger charge is -2.13. The summed E-state index contributed by atoms with van der Waals surface area (Å²) in [4.78, 5) is 4.29. The zero-order valence-corrected chi connectivity index (χ0v) is 9.18. The highest BCUT2D eigenvalue weighted by molar-refractivity contribution is 5.39. The van der Waals surface area contributed by atoms with Crippen molar-refractivity contribution in [2.45, 2.75) is 13.0 Å². The number of nitrogens with one attached hydrogen (secondary N) is 1. The highest BCUT2D eigenvalue weighted by atomic mass is 15.3. The highest BCUT2D eigenvalue weighted by Crippen LogP contribution is 2.16. The first-order chi connectivity index (χ1) is 7.16. The minimum absolute atomic E-state index is 0.175. The van der Waals surface area contributed by atoms with Gasteiger partial charge in [-0.25, -0.2) is 4.98 Å². The summed E-state index contributed by atoms with van der Waals surface area (Å²) in [6.07, 6.45) is 7.49. The van der Waals surface area contributed by atoms with Crippen LogP contribution in [0.1, 0.15) is 18.8 Å². The number of rotatable bonds is 3. The lowest BCUT2D eigenvalue weighted by molar-refractivity contribution is 0.721. The molecule has 1 atom stereocenters. The second-order valence-corrected chi connectivity index (χ2v) is 3.67. The van der Waals surface area contributed by atoms with Crippen LogP contribution in [0.2, 0.25) is 0 Å². The molecular weight excluding hydrogens is 190 g/mol. The Kier molecular flexibility index (Phi) is 2.45. The van der Waals surface area contributed by atoms with Gasteiger partial charge in [-0.2, -0.15) is 5.10 Å². The summed E-state index contributed by atoms with van der Waals surface area (Å²) in [6, 6.07) is 0.175. The van der Waals surface area contributed by atoms with Crippen molar-refractivity contribution in [3.05, 3.63) is 30.6 Å². The van der Waals surface area contributed by atoms with E-state index in [0.717, 1.165) is 11.5 Å².